The van der Waals surface area contributed by atoms with Crippen LogP contribution in [-0.2, 0) is 6.54 Å². The minimum absolute atomic E-state index is 0.689. The standard InChI is InChI=1S/C23H23N5/c1-2-4-20-15-21(6-5-19(20)3-1)22-7-10-25-23(26-22)28-12-8-18(9-13-28)16-27-14-11-24-17-27/h1-7,10-11,14-15,17-18H,8-9,12-13,16H2. The molecular weight excluding hydrogens is 346 g/mol. The minimum Gasteiger partial charge on any atom is -0.341 e. The molecule has 5 rings (SSSR count). The SMILES string of the molecule is c1ccc2cc(-c3ccnc(N4CCC(Cn5ccnc5)CC4)n3)ccc2c1. The first-order chi connectivity index (χ1) is 13.8. The molecule has 0 N–H and O–H groups in total. The van der Waals surface area contributed by atoms with Crippen molar-refractivity contribution in [2.45, 2.75) is 19.4 Å². The number of hydrogen-bond acceptors (Lipinski definition) is 4. The first-order valence-electron chi connectivity index (χ1n) is 9.88. The summed E-state index contributed by atoms with van der Waals surface area (Å²) in [7, 11) is 0. The molecule has 4 aromatic rings. The molecule has 140 valence electrons. The van der Waals surface area contributed by atoms with E-state index in [1.807, 2.05) is 31.0 Å². The van der Waals surface area contributed by atoms with Crippen molar-refractivity contribution in [3.8, 4) is 11.3 Å². The third-order valence-electron chi connectivity index (χ3n) is 5.61. The molecule has 0 aliphatic carbocycles. The van der Waals surface area contributed by atoms with Crippen LogP contribution in [0.15, 0.2) is 73.4 Å². The van der Waals surface area contributed by atoms with E-state index in [4.69, 9.17) is 4.98 Å². The molecule has 0 amide bonds. The van der Waals surface area contributed by atoms with Gasteiger partial charge < -0.3 is 9.47 Å². The zero-order chi connectivity index (χ0) is 18.8. The van der Waals surface area contributed by atoms with Crippen LogP contribution >= 0.6 is 0 Å². The first kappa shape index (κ1) is 16.9. The molecule has 0 atom stereocenters. The van der Waals surface area contributed by atoms with Crippen LogP contribution in [0.5, 0.6) is 0 Å². The zero-order valence-electron chi connectivity index (χ0n) is 15.8. The van der Waals surface area contributed by atoms with Crippen molar-refractivity contribution in [2.24, 2.45) is 5.92 Å². The highest BCUT2D eigenvalue weighted by Crippen LogP contribution is 2.26. The second-order valence-electron chi connectivity index (χ2n) is 7.49. The fraction of sp³-hybridized carbons (Fsp3) is 0.261. The van der Waals surface area contributed by atoms with Crippen LogP contribution in [-0.4, -0.2) is 32.6 Å². The summed E-state index contributed by atoms with van der Waals surface area (Å²) in [4.78, 5) is 15.9. The van der Waals surface area contributed by atoms with Gasteiger partial charge in [-0.2, -0.15) is 0 Å². The van der Waals surface area contributed by atoms with Gasteiger partial charge in [-0.3, -0.25) is 0 Å². The number of piperidine rings is 1. The molecule has 5 nitrogen and oxygen atoms in total. The van der Waals surface area contributed by atoms with Gasteiger partial charge in [0.2, 0.25) is 5.95 Å². The van der Waals surface area contributed by atoms with Gasteiger partial charge in [0.05, 0.1) is 12.0 Å². The number of hydrogen-bond donors (Lipinski definition) is 0. The van der Waals surface area contributed by atoms with Crippen molar-refractivity contribution >= 4 is 16.7 Å². The maximum atomic E-state index is 4.87. The van der Waals surface area contributed by atoms with Gasteiger partial charge in [-0.25, -0.2) is 15.0 Å². The van der Waals surface area contributed by atoms with Gasteiger partial charge in [-0.1, -0.05) is 36.4 Å². The Labute approximate surface area is 164 Å². The van der Waals surface area contributed by atoms with E-state index in [0.29, 0.717) is 5.92 Å². The maximum Gasteiger partial charge on any atom is 0.225 e. The smallest absolute Gasteiger partial charge is 0.225 e. The van der Waals surface area contributed by atoms with Crippen LogP contribution < -0.4 is 4.90 Å². The van der Waals surface area contributed by atoms with Crippen molar-refractivity contribution in [1.29, 1.82) is 0 Å². The van der Waals surface area contributed by atoms with E-state index in [0.717, 1.165) is 49.7 Å². The van der Waals surface area contributed by atoms with Gasteiger partial charge in [0.25, 0.3) is 0 Å². The highest BCUT2D eigenvalue weighted by molar-refractivity contribution is 5.86. The summed E-state index contributed by atoms with van der Waals surface area (Å²) in [6, 6.07) is 16.9. The molecule has 0 spiro atoms. The fourth-order valence-electron chi connectivity index (χ4n) is 4.02. The second-order valence-corrected chi connectivity index (χ2v) is 7.49. The van der Waals surface area contributed by atoms with Crippen LogP contribution in [0.25, 0.3) is 22.0 Å². The van der Waals surface area contributed by atoms with E-state index in [9.17, 15) is 0 Å². The van der Waals surface area contributed by atoms with E-state index >= 15 is 0 Å². The topological polar surface area (TPSA) is 46.8 Å². The van der Waals surface area contributed by atoms with E-state index in [-0.39, 0.29) is 0 Å². The van der Waals surface area contributed by atoms with Gasteiger partial charge in [-0.15, -0.1) is 0 Å². The molecular formula is C23H23N5. The average molecular weight is 369 g/mol. The van der Waals surface area contributed by atoms with Gasteiger partial charge in [0.1, 0.15) is 0 Å². The Bertz CT molecular complexity index is 1070. The molecule has 1 aliphatic heterocycles. The number of nitrogens with zero attached hydrogens (tertiary/aromatic N) is 5. The number of aromatic nitrogens is 4. The predicted molar refractivity (Wildman–Crippen MR) is 112 cm³/mol. The highest BCUT2D eigenvalue weighted by atomic mass is 15.3. The summed E-state index contributed by atoms with van der Waals surface area (Å²) >= 11 is 0. The van der Waals surface area contributed by atoms with Crippen molar-refractivity contribution in [3.63, 3.8) is 0 Å². The quantitative estimate of drug-likeness (QED) is 0.535. The third kappa shape index (κ3) is 3.48. The lowest BCUT2D eigenvalue weighted by Gasteiger charge is -2.32. The van der Waals surface area contributed by atoms with Crippen LogP contribution in [0.1, 0.15) is 12.8 Å². The maximum absolute atomic E-state index is 4.87. The molecule has 0 radical (unpaired) electrons. The minimum atomic E-state index is 0.689. The van der Waals surface area contributed by atoms with Crippen molar-refractivity contribution in [2.75, 3.05) is 18.0 Å². The molecule has 0 unspecified atom stereocenters. The molecule has 0 bridgehead atoms. The van der Waals surface area contributed by atoms with Gasteiger partial charge >= 0.3 is 0 Å². The largest absolute Gasteiger partial charge is 0.341 e. The number of rotatable bonds is 4. The molecule has 1 fully saturated rings. The van der Waals surface area contributed by atoms with E-state index in [1.165, 1.54) is 10.8 Å². The summed E-state index contributed by atoms with van der Waals surface area (Å²) in [6.07, 6.45) is 9.99. The van der Waals surface area contributed by atoms with Crippen LogP contribution in [0.4, 0.5) is 5.95 Å². The normalized spacial score (nSPS) is 15.2. The lowest BCUT2D eigenvalue weighted by Crippen LogP contribution is -2.36. The number of imidazole rings is 1. The monoisotopic (exact) mass is 369 g/mol. The van der Waals surface area contributed by atoms with E-state index in [2.05, 4.69) is 61.9 Å². The second kappa shape index (κ2) is 7.43. The van der Waals surface area contributed by atoms with Crippen LogP contribution in [0.2, 0.25) is 0 Å². The molecule has 5 heteroatoms. The Morgan fingerprint density at radius 1 is 0.929 bits per heavy atom. The van der Waals surface area contributed by atoms with Gasteiger partial charge in [0, 0.05) is 43.8 Å². The van der Waals surface area contributed by atoms with Gasteiger partial charge in [0.15, 0.2) is 0 Å². The average Bonchev–Trinajstić information content (AvgIpc) is 3.27. The lowest BCUT2D eigenvalue weighted by atomic mass is 9.97. The fourth-order valence-corrected chi connectivity index (χ4v) is 4.02. The summed E-state index contributed by atoms with van der Waals surface area (Å²) < 4.78 is 2.18. The highest BCUT2D eigenvalue weighted by Gasteiger charge is 2.21. The Balaban J connectivity index is 1.31. The van der Waals surface area contributed by atoms with Crippen LogP contribution in [0.3, 0.4) is 0 Å². The number of benzene rings is 2. The van der Waals surface area contributed by atoms with Crippen molar-refractivity contribution in [1.82, 2.24) is 19.5 Å². The molecule has 1 aliphatic rings. The Kier molecular flexibility index (Phi) is 4.49. The Hall–Kier alpha value is -3.21. The molecule has 3 heterocycles. The van der Waals surface area contributed by atoms with E-state index < -0.39 is 0 Å². The number of fused-ring (bicyclic) bond motifs is 1. The van der Waals surface area contributed by atoms with Crippen molar-refractivity contribution < 1.29 is 0 Å². The predicted octanol–water partition coefficient (Wildman–Crippen LogP) is 4.41. The first-order valence-corrected chi connectivity index (χ1v) is 9.88. The molecule has 2 aromatic heterocycles. The Morgan fingerprint density at radius 2 is 1.79 bits per heavy atom. The third-order valence-corrected chi connectivity index (χ3v) is 5.61. The number of anilines is 1. The lowest BCUT2D eigenvalue weighted by molar-refractivity contribution is 0.355. The Morgan fingerprint density at radius 3 is 2.61 bits per heavy atom. The summed E-state index contributed by atoms with van der Waals surface area (Å²) in [5.41, 5.74) is 2.12. The summed E-state index contributed by atoms with van der Waals surface area (Å²) in [5.74, 6) is 1.53. The molecule has 2 aromatic carbocycles. The summed E-state index contributed by atoms with van der Waals surface area (Å²) in [5, 5.41) is 2.49. The van der Waals surface area contributed by atoms with Crippen LogP contribution in [0, 0.1) is 5.92 Å². The van der Waals surface area contributed by atoms with Crippen molar-refractivity contribution in [3.05, 3.63) is 73.4 Å². The molecule has 1 saturated heterocycles. The molecule has 28 heavy (non-hydrogen) atoms. The summed E-state index contributed by atoms with van der Waals surface area (Å²) in [6.45, 7) is 3.05. The zero-order valence-corrected chi connectivity index (χ0v) is 15.8. The van der Waals surface area contributed by atoms with E-state index in [1.54, 1.807) is 0 Å². The van der Waals surface area contributed by atoms with Gasteiger partial charge in [-0.05, 0) is 41.7 Å². The molecule has 0 saturated carbocycles.